The molecule has 166 valence electrons. The predicted molar refractivity (Wildman–Crippen MR) is 121 cm³/mol. The summed E-state index contributed by atoms with van der Waals surface area (Å²) in [4.78, 5) is 31.7. The van der Waals surface area contributed by atoms with Gasteiger partial charge in [0.25, 0.3) is 5.91 Å². The zero-order chi connectivity index (χ0) is 22.3. The maximum Gasteiger partial charge on any atom is 0.255 e. The summed E-state index contributed by atoms with van der Waals surface area (Å²) in [5.41, 5.74) is 1.19. The van der Waals surface area contributed by atoms with E-state index in [9.17, 15) is 9.59 Å². The number of aromatic nitrogens is 1. The lowest BCUT2D eigenvalue weighted by Gasteiger charge is -2.32. The molecule has 8 nitrogen and oxygen atoms in total. The third-order valence-corrected chi connectivity index (χ3v) is 5.54. The van der Waals surface area contributed by atoms with Gasteiger partial charge in [0.05, 0.1) is 19.9 Å². The maximum atomic E-state index is 12.7. The van der Waals surface area contributed by atoms with Crippen molar-refractivity contribution in [3.8, 4) is 5.75 Å². The number of ether oxygens (including phenoxy) is 1. The summed E-state index contributed by atoms with van der Waals surface area (Å²) in [7, 11) is 1.59. The normalized spacial score (nSPS) is 14.1. The first kappa shape index (κ1) is 21.4. The fourth-order valence-electron chi connectivity index (χ4n) is 3.74. The van der Waals surface area contributed by atoms with Gasteiger partial charge in [-0.05, 0) is 49.2 Å². The summed E-state index contributed by atoms with van der Waals surface area (Å²) in [5.74, 6) is 1.94. The highest BCUT2D eigenvalue weighted by molar-refractivity contribution is 6.04. The molecule has 8 heteroatoms. The summed E-state index contributed by atoms with van der Waals surface area (Å²) in [6.07, 6.45) is 4.69. The van der Waals surface area contributed by atoms with E-state index in [1.54, 1.807) is 43.8 Å². The van der Waals surface area contributed by atoms with Gasteiger partial charge in [0, 0.05) is 42.5 Å². The Hall–Kier alpha value is -3.81. The molecular weight excluding hydrogens is 408 g/mol. The van der Waals surface area contributed by atoms with E-state index in [4.69, 9.17) is 9.15 Å². The standard InChI is InChI=1S/C24H26N4O4/c1-31-20-5-2-4-19(15-20)27-24(30)18-7-10-25-22(14-18)28-11-8-17(9-12-28)23(29)26-16-21-6-3-13-32-21/h2-7,10,13-15,17H,8-9,11-12,16H2,1H3,(H,26,29)(H,27,30). The number of nitrogens with one attached hydrogen (secondary N) is 2. The molecule has 1 aliphatic rings. The van der Waals surface area contributed by atoms with Gasteiger partial charge in [-0.1, -0.05) is 6.07 Å². The van der Waals surface area contributed by atoms with E-state index >= 15 is 0 Å². The van der Waals surface area contributed by atoms with Gasteiger partial charge >= 0.3 is 0 Å². The number of benzene rings is 1. The second-order valence-electron chi connectivity index (χ2n) is 7.65. The third-order valence-electron chi connectivity index (χ3n) is 5.54. The first-order valence-corrected chi connectivity index (χ1v) is 10.6. The van der Waals surface area contributed by atoms with Crippen molar-refractivity contribution in [1.29, 1.82) is 0 Å². The second kappa shape index (κ2) is 10.00. The van der Waals surface area contributed by atoms with Crippen LogP contribution >= 0.6 is 0 Å². The van der Waals surface area contributed by atoms with Crippen molar-refractivity contribution in [2.75, 3.05) is 30.4 Å². The van der Waals surface area contributed by atoms with Crippen molar-refractivity contribution in [3.63, 3.8) is 0 Å². The predicted octanol–water partition coefficient (Wildman–Crippen LogP) is 3.47. The number of carbonyl (C=O) groups is 2. The summed E-state index contributed by atoms with van der Waals surface area (Å²) in [6, 6.07) is 14.3. The van der Waals surface area contributed by atoms with Gasteiger partial charge in [0.2, 0.25) is 5.91 Å². The van der Waals surface area contributed by atoms with Gasteiger partial charge in [-0.2, -0.15) is 0 Å². The minimum atomic E-state index is -0.214. The fourth-order valence-corrected chi connectivity index (χ4v) is 3.74. The van der Waals surface area contributed by atoms with E-state index in [1.807, 2.05) is 24.3 Å². The molecule has 2 aromatic heterocycles. The summed E-state index contributed by atoms with van der Waals surface area (Å²) < 4.78 is 10.5. The smallest absolute Gasteiger partial charge is 0.255 e. The minimum Gasteiger partial charge on any atom is -0.497 e. The largest absolute Gasteiger partial charge is 0.497 e. The Balaban J connectivity index is 1.32. The third kappa shape index (κ3) is 5.26. The van der Waals surface area contributed by atoms with Crippen molar-refractivity contribution >= 4 is 23.3 Å². The van der Waals surface area contributed by atoms with Crippen LogP contribution in [0, 0.1) is 5.92 Å². The van der Waals surface area contributed by atoms with Crippen molar-refractivity contribution in [3.05, 3.63) is 72.3 Å². The number of rotatable bonds is 7. The number of anilines is 2. The molecule has 0 atom stereocenters. The number of furan rings is 1. The molecule has 0 spiro atoms. The van der Waals surface area contributed by atoms with Crippen LogP contribution in [0.15, 0.2) is 65.4 Å². The van der Waals surface area contributed by atoms with Crippen LogP contribution < -0.4 is 20.3 Å². The zero-order valence-corrected chi connectivity index (χ0v) is 17.9. The number of carbonyl (C=O) groups excluding carboxylic acids is 2. The van der Waals surface area contributed by atoms with Crippen LogP contribution in [0.5, 0.6) is 5.75 Å². The Morgan fingerprint density at radius 1 is 1.16 bits per heavy atom. The number of hydrogen-bond donors (Lipinski definition) is 2. The number of pyridine rings is 1. The number of nitrogens with zero attached hydrogens (tertiary/aromatic N) is 2. The highest BCUT2D eigenvalue weighted by Crippen LogP contribution is 2.23. The fraction of sp³-hybridized carbons (Fsp3) is 0.292. The summed E-state index contributed by atoms with van der Waals surface area (Å²) >= 11 is 0. The Bertz CT molecular complexity index is 1060. The van der Waals surface area contributed by atoms with Gasteiger partial charge in [-0.25, -0.2) is 4.98 Å². The van der Waals surface area contributed by atoms with E-state index in [0.717, 1.165) is 24.4 Å². The summed E-state index contributed by atoms with van der Waals surface area (Å²) in [5, 5.41) is 5.82. The second-order valence-corrected chi connectivity index (χ2v) is 7.65. The maximum absolute atomic E-state index is 12.7. The number of piperidine rings is 1. The lowest BCUT2D eigenvalue weighted by atomic mass is 9.96. The molecule has 1 aliphatic heterocycles. The Morgan fingerprint density at radius 2 is 2.00 bits per heavy atom. The molecule has 0 unspecified atom stereocenters. The molecule has 4 rings (SSSR count). The van der Waals surface area contributed by atoms with E-state index in [1.165, 1.54) is 0 Å². The van der Waals surface area contributed by atoms with Crippen LogP contribution in [0.2, 0.25) is 0 Å². The number of amides is 2. The number of hydrogen-bond acceptors (Lipinski definition) is 6. The highest BCUT2D eigenvalue weighted by Gasteiger charge is 2.26. The van der Waals surface area contributed by atoms with Crippen LogP contribution in [-0.4, -0.2) is 37.0 Å². The summed E-state index contributed by atoms with van der Waals surface area (Å²) in [6.45, 7) is 1.80. The van der Waals surface area contributed by atoms with Gasteiger partial charge in [0.15, 0.2) is 0 Å². The molecule has 0 saturated carbocycles. The molecule has 2 N–H and O–H groups in total. The quantitative estimate of drug-likeness (QED) is 0.591. The number of methoxy groups -OCH3 is 1. The van der Waals surface area contributed by atoms with Crippen LogP contribution in [0.3, 0.4) is 0 Å². The molecule has 32 heavy (non-hydrogen) atoms. The molecule has 3 heterocycles. The molecular formula is C24H26N4O4. The average Bonchev–Trinajstić information content (AvgIpc) is 3.36. The Labute approximate surface area is 186 Å². The lowest BCUT2D eigenvalue weighted by molar-refractivity contribution is -0.125. The first-order valence-electron chi connectivity index (χ1n) is 10.6. The topological polar surface area (TPSA) is 96.7 Å². The van der Waals surface area contributed by atoms with E-state index in [0.29, 0.717) is 36.6 Å². The molecule has 0 radical (unpaired) electrons. The molecule has 3 aromatic rings. The molecule has 1 saturated heterocycles. The first-order chi connectivity index (χ1) is 15.6. The minimum absolute atomic E-state index is 0.0410. The van der Waals surface area contributed by atoms with Crippen molar-refractivity contribution in [2.45, 2.75) is 19.4 Å². The van der Waals surface area contributed by atoms with Gasteiger partial charge in [0.1, 0.15) is 17.3 Å². The van der Waals surface area contributed by atoms with Crippen molar-refractivity contribution in [2.24, 2.45) is 5.92 Å². The van der Waals surface area contributed by atoms with E-state index in [-0.39, 0.29) is 17.7 Å². The van der Waals surface area contributed by atoms with E-state index in [2.05, 4.69) is 20.5 Å². The van der Waals surface area contributed by atoms with Gasteiger partial charge in [-0.3, -0.25) is 9.59 Å². The molecule has 2 amide bonds. The molecule has 0 bridgehead atoms. The Kier molecular flexibility index (Phi) is 6.69. The van der Waals surface area contributed by atoms with Crippen LogP contribution in [0.4, 0.5) is 11.5 Å². The molecule has 0 aliphatic carbocycles. The SMILES string of the molecule is COc1cccc(NC(=O)c2ccnc(N3CCC(C(=O)NCc4ccco4)CC3)c2)c1. The van der Waals surface area contributed by atoms with Crippen molar-refractivity contribution < 1.29 is 18.7 Å². The Morgan fingerprint density at radius 3 is 2.75 bits per heavy atom. The zero-order valence-electron chi connectivity index (χ0n) is 17.9. The lowest BCUT2D eigenvalue weighted by Crippen LogP contribution is -2.40. The molecule has 1 fully saturated rings. The average molecular weight is 434 g/mol. The van der Waals surface area contributed by atoms with E-state index < -0.39 is 0 Å². The van der Waals surface area contributed by atoms with Gasteiger partial charge < -0.3 is 24.7 Å². The molecule has 1 aromatic carbocycles. The van der Waals surface area contributed by atoms with Gasteiger partial charge in [-0.15, -0.1) is 0 Å². The van der Waals surface area contributed by atoms with Crippen LogP contribution in [0.1, 0.15) is 29.0 Å². The highest BCUT2D eigenvalue weighted by atomic mass is 16.5. The van der Waals surface area contributed by atoms with Crippen molar-refractivity contribution in [1.82, 2.24) is 10.3 Å². The monoisotopic (exact) mass is 434 g/mol. The van der Waals surface area contributed by atoms with Crippen LogP contribution in [0.25, 0.3) is 0 Å². The van der Waals surface area contributed by atoms with Crippen LogP contribution in [-0.2, 0) is 11.3 Å².